The standard InChI is InChI=1S/C20H34BCl/c1-11-15-7-13(19(15,3)4)9-17(11)21(22)18-10-14-8-16(12(18)2)20(14,5)6/h11-18H,7-10H2,1-6H3/t11?,12?,13-,14+,15+,16-,17?,18?. The van der Waals surface area contributed by atoms with Crippen molar-refractivity contribution in [2.45, 2.75) is 78.9 Å². The highest BCUT2D eigenvalue weighted by molar-refractivity contribution is 7.08. The Bertz CT molecular complexity index is 428. The maximum Gasteiger partial charge on any atom is 0.257 e. The molecule has 6 saturated carbocycles. The van der Waals surface area contributed by atoms with Crippen LogP contribution in [0.1, 0.15) is 67.2 Å². The van der Waals surface area contributed by atoms with Gasteiger partial charge in [-0.05, 0) is 70.8 Å². The van der Waals surface area contributed by atoms with E-state index in [-0.39, 0.29) is 0 Å². The molecule has 0 N–H and O–H groups in total. The quantitative estimate of drug-likeness (QED) is 0.519. The summed E-state index contributed by atoms with van der Waals surface area (Å²) in [6, 6.07) is 0. The Hall–Kier alpha value is 0.355. The molecule has 0 aromatic heterocycles. The molecule has 0 aromatic rings. The summed E-state index contributed by atoms with van der Waals surface area (Å²) in [7, 11) is 0. The summed E-state index contributed by atoms with van der Waals surface area (Å²) in [6.07, 6.45) is 6.20. The van der Waals surface area contributed by atoms with Gasteiger partial charge in [-0.2, -0.15) is 11.5 Å². The lowest BCUT2D eigenvalue weighted by Crippen LogP contribution is -2.58. The molecule has 6 fully saturated rings. The van der Waals surface area contributed by atoms with E-state index in [1.54, 1.807) is 0 Å². The smallest absolute Gasteiger partial charge is 0.195 e. The van der Waals surface area contributed by atoms with Gasteiger partial charge in [0.05, 0.1) is 0 Å². The molecule has 4 bridgehead atoms. The topological polar surface area (TPSA) is 0 Å². The number of rotatable bonds is 2. The third kappa shape index (κ3) is 1.84. The molecular weight excluding hydrogens is 286 g/mol. The van der Waals surface area contributed by atoms with Crippen LogP contribution in [0.3, 0.4) is 0 Å². The second-order valence-corrected chi connectivity index (χ2v) is 11.2. The highest BCUT2D eigenvalue weighted by atomic mass is 35.5. The monoisotopic (exact) mass is 320 g/mol. The molecule has 6 aliphatic rings. The molecule has 0 heterocycles. The van der Waals surface area contributed by atoms with Gasteiger partial charge in [0.15, 0.2) is 0 Å². The van der Waals surface area contributed by atoms with Gasteiger partial charge >= 0.3 is 0 Å². The van der Waals surface area contributed by atoms with Crippen molar-refractivity contribution in [3.05, 3.63) is 0 Å². The molecule has 8 atom stereocenters. The van der Waals surface area contributed by atoms with E-state index in [9.17, 15) is 0 Å². The van der Waals surface area contributed by atoms with Gasteiger partial charge in [0.25, 0.3) is 6.13 Å². The van der Waals surface area contributed by atoms with Gasteiger partial charge in [0, 0.05) is 0 Å². The first kappa shape index (κ1) is 15.9. The fourth-order valence-corrected chi connectivity index (χ4v) is 8.20. The molecule has 0 radical (unpaired) electrons. The first-order chi connectivity index (χ1) is 10.2. The van der Waals surface area contributed by atoms with Crippen molar-refractivity contribution in [1.29, 1.82) is 0 Å². The zero-order valence-corrected chi connectivity index (χ0v) is 16.2. The van der Waals surface area contributed by atoms with Crippen LogP contribution in [0.2, 0.25) is 11.6 Å². The summed E-state index contributed by atoms with van der Waals surface area (Å²) in [6.45, 7) is 15.0. The molecule has 6 rings (SSSR count). The predicted octanol–water partition coefficient (Wildman–Crippen LogP) is 6.36. The fourth-order valence-electron chi connectivity index (χ4n) is 7.54. The van der Waals surface area contributed by atoms with Crippen LogP contribution in [-0.4, -0.2) is 6.13 Å². The zero-order valence-electron chi connectivity index (χ0n) is 15.4. The molecule has 22 heavy (non-hydrogen) atoms. The Labute approximate surface area is 143 Å². The van der Waals surface area contributed by atoms with E-state index in [0.717, 1.165) is 47.1 Å². The first-order valence-electron chi connectivity index (χ1n) is 9.79. The average molecular weight is 321 g/mol. The van der Waals surface area contributed by atoms with Crippen molar-refractivity contribution in [3.63, 3.8) is 0 Å². The summed E-state index contributed by atoms with van der Waals surface area (Å²) in [5.74, 6) is 7.00. The minimum atomic E-state index is 0.438. The highest BCUT2D eigenvalue weighted by Gasteiger charge is 2.62. The Balaban J connectivity index is 1.49. The molecule has 2 heteroatoms. The van der Waals surface area contributed by atoms with E-state index in [2.05, 4.69) is 41.5 Å². The van der Waals surface area contributed by atoms with E-state index < -0.39 is 0 Å². The van der Waals surface area contributed by atoms with Gasteiger partial charge in [-0.15, -0.1) is 0 Å². The molecule has 4 unspecified atom stereocenters. The van der Waals surface area contributed by atoms with Crippen molar-refractivity contribution in [3.8, 4) is 0 Å². The van der Waals surface area contributed by atoms with Crippen LogP contribution in [0.25, 0.3) is 0 Å². The lowest BCUT2D eigenvalue weighted by atomic mass is 9.30. The number of hydrogen-bond acceptors (Lipinski definition) is 0. The molecule has 124 valence electrons. The van der Waals surface area contributed by atoms with Crippen LogP contribution in [0, 0.1) is 46.3 Å². The maximum atomic E-state index is 7.19. The molecular formula is C20H34BCl. The van der Waals surface area contributed by atoms with Crippen molar-refractivity contribution < 1.29 is 0 Å². The SMILES string of the molecule is CC1C(B(Cl)C2C[C@H]3C[C@@H](C2C)C3(C)C)C[C@@H]2C[C@H]1C2(C)C. The van der Waals surface area contributed by atoms with E-state index in [0.29, 0.717) is 17.0 Å². The lowest BCUT2D eigenvalue weighted by molar-refractivity contribution is -0.106. The number of hydrogen-bond donors (Lipinski definition) is 0. The molecule has 0 aliphatic heterocycles. The largest absolute Gasteiger partial charge is 0.257 e. The van der Waals surface area contributed by atoms with E-state index in [4.69, 9.17) is 11.5 Å². The van der Waals surface area contributed by atoms with E-state index in [1.165, 1.54) is 25.7 Å². The zero-order chi connectivity index (χ0) is 16.0. The Morgan fingerprint density at radius 3 is 1.36 bits per heavy atom. The van der Waals surface area contributed by atoms with Crippen LogP contribution in [0.4, 0.5) is 0 Å². The summed E-state index contributed by atoms with van der Waals surface area (Å²) in [5.41, 5.74) is 1.18. The minimum Gasteiger partial charge on any atom is -0.195 e. The molecule has 0 nitrogen and oxygen atoms in total. The molecule has 0 saturated heterocycles. The third-order valence-electron chi connectivity index (χ3n) is 9.64. The van der Waals surface area contributed by atoms with Gasteiger partial charge in [-0.1, -0.05) is 54.4 Å². The van der Waals surface area contributed by atoms with Crippen LogP contribution in [0.15, 0.2) is 0 Å². The van der Waals surface area contributed by atoms with E-state index >= 15 is 0 Å². The van der Waals surface area contributed by atoms with Gasteiger partial charge in [-0.25, -0.2) is 0 Å². The fraction of sp³-hybridized carbons (Fsp3) is 1.00. The predicted molar refractivity (Wildman–Crippen MR) is 97.4 cm³/mol. The van der Waals surface area contributed by atoms with E-state index in [1.807, 2.05) is 0 Å². The van der Waals surface area contributed by atoms with Crippen molar-refractivity contribution in [1.82, 2.24) is 0 Å². The summed E-state index contributed by atoms with van der Waals surface area (Å²) in [4.78, 5) is 0. The molecule has 6 aliphatic carbocycles. The van der Waals surface area contributed by atoms with Gasteiger partial charge in [0.1, 0.15) is 0 Å². The number of halogens is 1. The lowest BCUT2D eigenvalue weighted by Gasteiger charge is -2.65. The third-order valence-corrected chi connectivity index (χ3v) is 10.3. The first-order valence-corrected chi connectivity index (χ1v) is 10.2. The minimum absolute atomic E-state index is 0.438. The average Bonchev–Trinajstić information content (AvgIpc) is 2.45. The van der Waals surface area contributed by atoms with Gasteiger partial charge in [-0.3, -0.25) is 0 Å². The van der Waals surface area contributed by atoms with Crippen LogP contribution in [-0.2, 0) is 0 Å². The van der Waals surface area contributed by atoms with Crippen molar-refractivity contribution in [2.24, 2.45) is 46.3 Å². The second kappa shape index (κ2) is 4.71. The number of fused-ring (bicyclic) bond motifs is 4. The maximum absolute atomic E-state index is 7.19. The van der Waals surface area contributed by atoms with Crippen LogP contribution < -0.4 is 0 Å². The van der Waals surface area contributed by atoms with Crippen molar-refractivity contribution >= 4 is 17.6 Å². The summed E-state index contributed by atoms with van der Waals surface area (Å²) in [5, 5.41) is 0. The highest BCUT2D eigenvalue weighted by Crippen LogP contribution is 2.69. The molecule has 0 spiro atoms. The van der Waals surface area contributed by atoms with Crippen molar-refractivity contribution in [2.75, 3.05) is 0 Å². The summed E-state index contributed by atoms with van der Waals surface area (Å²) < 4.78 is 0. The molecule has 0 aromatic carbocycles. The van der Waals surface area contributed by atoms with Crippen LogP contribution >= 0.6 is 11.5 Å². The Kier molecular flexibility index (Phi) is 3.39. The molecule has 0 amide bonds. The Morgan fingerprint density at radius 2 is 1.09 bits per heavy atom. The van der Waals surface area contributed by atoms with Gasteiger partial charge in [0.2, 0.25) is 0 Å². The van der Waals surface area contributed by atoms with Crippen LogP contribution in [0.5, 0.6) is 0 Å². The second-order valence-electron chi connectivity index (χ2n) is 10.7. The Morgan fingerprint density at radius 1 is 0.727 bits per heavy atom. The summed E-state index contributed by atoms with van der Waals surface area (Å²) >= 11 is 7.19. The normalized spacial score (nSPS) is 54.1. The van der Waals surface area contributed by atoms with Gasteiger partial charge < -0.3 is 0 Å².